The van der Waals surface area contributed by atoms with Gasteiger partial charge in [0.2, 0.25) is 0 Å². The molecule has 0 unspecified atom stereocenters. The molecule has 154 valence electrons. The van der Waals surface area contributed by atoms with Gasteiger partial charge in [-0.1, -0.05) is 12.1 Å². The number of rotatable bonds is 4. The summed E-state index contributed by atoms with van der Waals surface area (Å²) in [7, 11) is 0. The molecule has 10 heteroatoms. The van der Waals surface area contributed by atoms with E-state index in [4.69, 9.17) is 5.73 Å². The lowest BCUT2D eigenvalue weighted by Gasteiger charge is -2.35. The Bertz CT molecular complexity index is 893. The molecule has 0 saturated carbocycles. The fourth-order valence-corrected chi connectivity index (χ4v) is 3.24. The van der Waals surface area contributed by atoms with Crippen molar-refractivity contribution in [1.29, 1.82) is 0 Å². The number of nitrogen functional groups attached to an aromatic ring is 1. The molecule has 1 aromatic heterocycles. The number of benzene rings is 1. The zero-order valence-electron chi connectivity index (χ0n) is 15.3. The van der Waals surface area contributed by atoms with Gasteiger partial charge in [-0.05, 0) is 37.0 Å². The Kier molecular flexibility index (Phi) is 6.20. The summed E-state index contributed by atoms with van der Waals surface area (Å²) >= 11 is 0. The number of carbonyl (C=O) groups is 2. The number of halogens is 3. The lowest BCUT2D eigenvalue weighted by atomic mass is 9.95. The largest absolute Gasteiger partial charge is 0.431 e. The molecule has 2 aromatic rings. The highest BCUT2D eigenvalue weighted by molar-refractivity contribution is 6.39. The first-order valence-corrected chi connectivity index (χ1v) is 8.93. The lowest BCUT2D eigenvalue weighted by molar-refractivity contribution is -0.145. The van der Waals surface area contributed by atoms with E-state index in [1.807, 2.05) is 0 Å². The maximum Gasteiger partial charge on any atom is 0.387 e. The van der Waals surface area contributed by atoms with Gasteiger partial charge in [0, 0.05) is 12.6 Å². The van der Waals surface area contributed by atoms with Gasteiger partial charge in [-0.25, -0.2) is 9.37 Å². The first-order valence-electron chi connectivity index (χ1n) is 8.93. The van der Waals surface area contributed by atoms with Crippen molar-refractivity contribution in [2.24, 2.45) is 0 Å². The number of pyridine rings is 1. The highest BCUT2D eigenvalue weighted by Crippen LogP contribution is 2.31. The van der Waals surface area contributed by atoms with E-state index in [0.717, 1.165) is 30.7 Å². The second-order valence-corrected chi connectivity index (χ2v) is 6.50. The van der Waals surface area contributed by atoms with Crippen LogP contribution in [0.1, 0.15) is 30.9 Å². The van der Waals surface area contributed by atoms with Gasteiger partial charge in [-0.3, -0.25) is 9.59 Å². The Balaban J connectivity index is 1.74. The van der Waals surface area contributed by atoms with Crippen LogP contribution in [0.4, 0.5) is 24.7 Å². The van der Waals surface area contributed by atoms with Crippen LogP contribution in [0.25, 0.3) is 0 Å². The molecule has 29 heavy (non-hydrogen) atoms. The molecule has 2 amide bonds. The van der Waals surface area contributed by atoms with Gasteiger partial charge in [0.05, 0.1) is 17.9 Å². The molecule has 1 fully saturated rings. The van der Waals surface area contributed by atoms with Crippen molar-refractivity contribution in [2.45, 2.75) is 31.9 Å². The number of amides is 2. The smallest absolute Gasteiger partial charge is 0.387 e. The fraction of sp³-hybridized carbons (Fsp3) is 0.316. The molecule has 0 radical (unpaired) electrons. The second-order valence-electron chi connectivity index (χ2n) is 6.50. The molecule has 0 spiro atoms. The minimum Gasteiger partial charge on any atom is -0.431 e. The summed E-state index contributed by atoms with van der Waals surface area (Å²) in [5.41, 5.74) is 6.17. The standard InChI is InChI=1S/C19H19F3N4O3/c20-12-6-4-11(5-7-12)14-3-1-2-8-26(14)18(28)17(27)25-13-9-15(29-19(21)22)16(23)24-10-13/h4-7,9-10,14,19H,1-3,8H2,(H2,23,24)(H,25,27)/t14-/m0/s1. The van der Waals surface area contributed by atoms with Crippen LogP contribution in [0.3, 0.4) is 0 Å². The van der Waals surface area contributed by atoms with E-state index in [1.165, 1.54) is 17.0 Å². The summed E-state index contributed by atoms with van der Waals surface area (Å²) in [5.74, 6) is -2.81. The Morgan fingerprint density at radius 3 is 2.66 bits per heavy atom. The first kappa shape index (κ1) is 20.4. The zero-order chi connectivity index (χ0) is 21.0. The molecule has 3 N–H and O–H groups in total. The van der Waals surface area contributed by atoms with Crippen LogP contribution in [0.5, 0.6) is 5.75 Å². The summed E-state index contributed by atoms with van der Waals surface area (Å²) in [6.45, 7) is -2.75. The maximum absolute atomic E-state index is 13.2. The summed E-state index contributed by atoms with van der Waals surface area (Å²) in [4.78, 5) is 30.3. The van der Waals surface area contributed by atoms with Gasteiger partial charge in [0.25, 0.3) is 0 Å². The lowest BCUT2D eigenvalue weighted by Crippen LogP contribution is -2.44. The molecule has 1 aliphatic heterocycles. The first-order chi connectivity index (χ1) is 13.8. The predicted octanol–water partition coefficient (Wildman–Crippen LogP) is 3.10. The SMILES string of the molecule is Nc1ncc(NC(=O)C(=O)N2CCCC[C@H]2c2ccc(F)cc2)cc1OC(F)F. The minimum absolute atomic E-state index is 0.0106. The summed E-state index contributed by atoms with van der Waals surface area (Å²) < 4.78 is 42.3. The Morgan fingerprint density at radius 1 is 1.24 bits per heavy atom. The van der Waals surface area contributed by atoms with Crippen LogP contribution in [0.2, 0.25) is 0 Å². The molecule has 7 nitrogen and oxygen atoms in total. The van der Waals surface area contributed by atoms with E-state index in [1.54, 1.807) is 12.1 Å². The third-order valence-electron chi connectivity index (χ3n) is 4.57. The van der Waals surface area contributed by atoms with Crippen molar-refractivity contribution in [3.63, 3.8) is 0 Å². The number of ether oxygens (including phenoxy) is 1. The molecule has 3 rings (SSSR count). The molecule has 1 aliphatic rings. The molecule has 1 aromatic carbocycles. The average molecular weight is 408 g/mol. The van der Waals surface area contributed by atoms with E-state index >= 15 is 0 Å². The normalized spacial score (nSPS) is 16.6. The van der Waals surface area contributed by atoms with Gasteiger partial charge in [0.1, 0.15) is 5.82 Å². The summed E-state index contributed by atoms with van der Waals surface area (Å²) in [6.07, 6.45) is 3.36. The number of alkyl halides is 2. The minimum atomic E-state index is -3.11. The van der Waals surface area contributed by atoms with Crippen molar-refractivity contribution < 1.29 is 27.5 Å². The number of nitrogens with two attached hydrogens (primary N) is 1. The number of hydrogen-bond acceptors (Lipinski definition) is 5. The number of nitrogens with zero attached hydrogens (tertiary/aromatic N) is 2. The zero-order valence-corrected chi connectivity index (χ0v) is 15.3. The van der Waals surface area contributed by atoms with Crippen LogP contribution in [0.15, 0.2) is 36.5 Å². The average Bonchev–Trinajstić information content (AvgIpc) is 2.70. The number of carbonyl (C=O) groups excluding carboxylic acids is 2. The third-order valence-corrected chi connectivity index (χ3v) is 4.57. The molecule has 2 heterocycles. The molecular formula is C19H19F3N4O3. The number of nitrogens with one attached hydrogen (secondary N) is 1. The van der Waals surface area contributed by atoms with E-state index < -0.39 is 30.0 Å². The molecule has 0 bridgehead atoms. The van der Waals surface area contributed by atoms with Crippen molar-refractivity contribution in [1.82, 2.24) is 9.88 Å². The van der Waals surface area contributed by atoms with E-state index in [0.29, 0.717) is 13.0 Å². The molecule has 1 saturated heterocycles. The van der Waals surface area contributed by atoms with Crippen molar-refractivity contribution in [2.75, 3.05) is 17.6 Å². The predicted molar refractivity (Wildman–Crippen MR) is 98.6 cm³/mol. The van der Waals surface area contributed by atoms with Crippen molar-refractivity contribution in [3.8, 4) is 5.75 Å². The van der Waals surface area contributed by atoms with E-state index in [9.17, 15) is 22.8 Å². The topological polar surface area (TPSA) is 97.5 Å². The highest BCUT2D eigenvalue weighted by Gasteiger charge is 2.32. The number of piperidine rings is 1. The second kappa shape index (κ2) is 8.80. The fourth-order valence-electron chi connectivity index (χ4n) is 3.24. The van der Waals surface area contributed by atoms with Crippen LogP contribution in [-0.4, -0.2) is 34.9 Å². The van der Waals surface area contributed by atoms with Crippen molar-refractivity contribution in [3.05, 3.63) is 47.9 Å². The van der Waals surface area contributed by atoms with Gasteiger partial charge in [-0.2, -0.15) is 8.78 Å². The van der Waals surface area contributed by atoms with Crippen LogP contribution in [-0.2, 0) is 9.59 Å². The molecule has 0 aliphatic carbocycles. The Labute approximate surface area is 164 Å². The third kappa shape index (κ3) is 4.95. The molecule has 1 atom stereocenters. The Morgan fingerprint density at radius 2 is 1.97 bits per heavy atom. The van der Waals surface area contributed by atoms with Crippen LogP contribution in [0, 0.1) is 5.82 Å². The maximum atomic E-state index is 13.2. The summed E-state index contributed by atoms with van der Waals surface area (Å²) in [5, 5.41) is 2.33. The number of anilines is 2. The number of aromatic nitrogens is 1. The monoisotopic (exact) mass is 408 g/mol. The van der Waals surface area contributed by atoms with E-state index in [-0.39, 0.29) is 17.5 Å². The quantitative estimate of drug-likeness (QED) is 0.758. The molecular weight excluding hydrogens is 389 g/mol. The van der Waals surface area contributed by atoms with Gasteiger partial charge >= 0.3 is 18.4 Å². The van der Waals surface area contributed by atoms with Gasteiger partial charge in [-0.15, -0.1) is 0 Å². The summed E-state index contributed by atoms with van der Waals surface area (Å²) in [6, 6.07) is 6.48. The van der Waals surface area contributed by atoms with Gasteiger partial charge in [0.15, 0.2) is 11.6 Å². The van der Waals surface area contributed by atoms with Crippen molar-refractivity contribution >= 4 is 23.3 Å². The van der Waals surface area contributed by atoms with Crippen LogP contribution < -0.4 is 15.8 Å². The number of hydrogen-bond donors (Lipinski definition) is 2. The Hall–Kier alpha value is -3.30. The van der Waals surface area contributed by atoms with Gasteiger partial charge < -0.3 is 20.7 Å². The highest BCUT2D eigenvalue weighted by atomic mass is 19.3. The van der Waals surface area contributed by atoms with Crippen LogP contribution >= 0.6 is 0 Å². The number of likely N-dealkylation sites (tertiary alicyclic amines) is 1. The van der Waals surface area contributed by atoms with E-state index in [2.05, 4.69) is 15.0 Å².